The fraction of sp³-hybridized carbons (Fsp3) is 0.929. The minimum Gasteiger partial charge on any atom is -0.368 e. The largest absolute Gasteiger partial charge is 0.368 e. The third kappa shape index (κ3) is 6.36. The molecule has 1 saturated carbocycles. The number of amides is 1. The van der Waals surface area contributed by atoms with Crippen LogP contribution in [-0.2, 0) is 9.53 Å². The van der Waals surface area contributed by atoms with Gasteiger partial charge in [-0.1, -0.05) is 33.1 Å². The molecule has 0 aromatic heterocycles. The van der Waals surface area contributed by atoms with Crippen LogP contribution >= 0.6 is 0 Å². The molecule has 0 saturated heterocycles. The molecule has 1 fully saturated rings. The summed E-state index contributed by atoms with van der Waals surface area (Å²) in [5.74, 6) is 0.0210. The van der Waals surface area contributed by atoms with Gasteiger partial charge in [-0.3, -0.25) is 4.79 Å². The summed E-state index contributed by atoms with van der Waals surface area (Å²) in [6, 6.07) is 0. The van der Waals surface area contributed by atoms with Crippen molar-refractivity contribution in [3.05, 3.63) is 0 Å². The third-order valence-corrected chi connectivity index (χ3v) is 3.65. The van der Waals surface area contributed by atoms with Crippen molar-refractivity contribution in [2.45, 2.75) is 52.1 Å². The summed E-state index contributed by atoms with van der Waals surface area (Å²) in [6.07, 6.45) is 6.35. The predicted octanol–water partition coefficient (Wildman–Crippen LogP) is 1.79. The Labute approximate surface area is 111 Å². The molecule has 1 amide bonds. The smallest absolute Gasteiger partial charge is 0.246 e. The molecule has 0 aliphatic heterocycles. The first kappa shape index (κ1) is 15.4. The van der Waals surface area contributed by atoms with E-state index in [4.69, 9.17) is 4.74 Å². The van der Waals surface area contributed by atoms with Gasteiger partial charge in [-0.15, -0.1) is 0 Å². The summed E-state index contributed by atoms with van der Waals surface area (Å²) in [5, 5.41) is 2.92. The minimum absolute atomic E-state index is 0.0210. The number of rotatable bonds is 8. The minimum atomic E-state index is 0.0210. The van der Waals surface area contributed by atoms with Crippen LogP contribution in [0.4, 0.5) is 0 Å². The van der Waals surface area contributed by atoms with Crippen LogP contribution in [0, 0.1) is 0 Å². The van der Waals surface area contributed by atoms with Gasteiger partial charge in [0.1, 0.15) is 6.61 Å². The van der Waals surface area contributed by atoms with E-state index in [1.807, 2.05) is 0 Å². The number of hydrogen-bond donors (Lipinski definition) is 1. The van der Waals surface area contributed by atoms with Crippen LogP contribution in [0.25, 0.3) is 0 Å². The Morgan fingerprint density at radius 1 is 1.22 bits per heavy atom. The Hall–Kier alpha value is -0.610. The highest BCUT2D eigenvalue weighted by Gasteiger charge is 2.14. The van der Waals surface area contributed by atoms with Gasteiger partial charge in [0.05, 0.1) is 6.10 Å². The second kappa shape index (κ2) is 9.34. The lowest BCUT2D eigenvalue weighted by molar-refractivity contribution is -0.128. The topological polar surface area (TPSA) is 41.6 Å². The van der Waals surface area contributed by atoms with Gasteiger partial charge in [0.25, 0.3) is 0 Å². The van der Waals surface area contributed by atoms with E-state index in [2.05, 4.69) is 24.1 Å². The number of nitrogens with one attached hydrogen (secondary N) is 1. The van der Waals surface area contributed by atoms with Crippen molar-refractivity contribution in [1.29, 1.82) is 0 Å². The van der Waals surface area contributed by atoms with E-state index in [-0.39, 0.29) is 12.5 Å². The van der Waals surface area contributed by atoms with E-state index in [1.165, 1.54) is 19.3 Å². The Kier molecular flexibility index (Phi) is 8.01. The Morgan fingerprint density at radius 2 is 1.89 bits per heavy atom. The van der Waals surface area contributed by atoms with E-state index in [1.54, 1.807) is 0 Å². The van der Waals surface area contributed by atoms with Gasteiger partial charge < -0.3 is 15.0 Å². The van der Waals surface area contributed by atoms with Crippen LogP contribution in [0.1, 0.15) is 46.0 Å². The maximum atomic E-state index is 11.6. The molecule has 1 aliphatic carbocycles. The molecule has 0 spiro atoms. The first-order valence-corrected chi connectivity index (χ1v) is 7.37. The fourth-order valence-corrected chi connectivity index (χ4v) is 2.37. The Bertz CT molecular complexity index is 224. The summed E-state index contributed by atoms with van der Waals surface area (Å²) in [7, 11) is 0. The number of carbonyl (C=O) groups excluding carboxylic acids is 1. The quantitative estimate of drug-likeness (QED) is 0.720. The third-order valence-electron chi connectivity index (χ3n) is 3.65. The van der Waals surface area contributed by atoms with Crippen LogP contribution < -0.4 is 5.32 Å². The van der Waals surface area contributed by atoms with Gasteiger partial charge in [-0.05, 0) is 25.9 Å². The lowest BCUT2D eigenvalue weighted by Gasteiger charge is -2.22. The predicted molar refractivity (Wildman–Crippen MR) is 73.6 cm³/mol. The van der Waals surface area contributed by atoms with Crippen molar-refractivity contribution in [2.75, 3.05) is 32.8 Å². The van der Waals surface area contributed by atoms with E-state index >= 15 is 0 Å². The summed E-state index contributed by atoms with van der Waals surface area (Å²) >= 11 is 0. The molecule has 18 heavy (non-hydrogen) atoms. The number of likely N-dealkylation sites (N-methyl/N-ethyl adjacent to an activating group) is 1. The molecule has 0 unspecified atom stereocenters. The molecule has 106 valence electrons. The lowest BCUT2D eigenvalue weighted by atomic mass is 9.98. The van der Waals surface area contributed by atoms with E-state index in [0.717, 1.165) is 32.5 Å². The van der Waals surface area contributed by atoms with Crippen LogP contribution in [0.3, 0.4) is 0 Å². The molecule has 0 aromatic rings. The molecule has 1 aliphatic rings. The van der Waals surface area contributed by atoms with Crippen molar-refractivity contribution in [3.63, 3.8) is 0 Å². The maximum absolute atomic E-state index is 11.6. The first-order chi connectivity index (χ1) is 8.76. The van der Waals surface area contributed by atoms with Gasteiger partial charge in [-0.25, -0.2) is 0 Å². The monoisotopic (exact) mass is 256 g/mol. The molecule has 0 atom stereocenters. The van der Waals surface area contributed by atoms with E-state index in [0.29, 0.717) is 12.6 Å². The highest BCUT2D eigenvalue weighted by molar-refractivity contribution is 5.77. The van der Waals surface area contributed by atoms with Gasteiger partial charge in [0.15, 0.2) is 0 Å². The molecular formula is C14H28N2O2. The average molecular weight is 256 g/mol. The normalized spacial score (nSPS) is 17.1. The second-order valence-corrected chi connectivity index (χ2v) is 4.95. The Morgan fingerprint density at radius 3 is 2.50 bits per heavy atom. The molecule has 1 rings (SSSR count). The van der Waals surface area contributed by atoms with Crippen molar-refractivity contribution < 1.29 is 9.53 Å². The van der Waals surface area contributed by atoms with Crippen molar-refractivity contribution in [3.8, 4) is 0 Å². The number of ether oxygens (including phenoxy) is 1. The van der Waals surface area contributed by atoms with Gasteiger partial charge >= 0.3 is 0 Å². The van der Waals surface area contributed by atoms with Crippen LogP contribution in [-0.4, -0.2) is 49.7 Å². The SMILES string of the molecule is CCN(CC)CCNC(=O)COC1CCCCC1. The van der Waals surface area contributed by atoms with Crippen molar-refractivity contribution >= 4 is 5.91 Å². The maximum Gasteiger partial charge on any atom is 0.246 e. The zero-order valence-electron chi connectivity index (χ0n) is 11.9. The molecule has 4 heteroatoms. The standard InChI is InChI=1S/C14H28N2O2/c1-3-16(4-2)11-10-15-14(17)12-18-13-8-6-5-7-9-13/h13H,3-12H2,1-2H3,(H,15,17). The molecule has 0 bridgehead atoms. The average Bonchev–Trinajstić information content (AvgIpc) is 2.42. The lowest BCUT2D eigenvalue weighted by Crippen LogP contribution is -2.37. The van der Waals surface area contributed by atoms with Crippen LogP contribution in [0.5, 0.6) is 0 Å². The molecule has 0 heterocycles. The van der Waals surface area contributed by atoms with Crippen molar-refractivity contribution in [2.24, 2.45) is 0 Å². The number of hydrogen-bond acceptors (Lipinski definition) is 3. The van der Waals surface area contributed by atoms with Crippen molar-refractivity contribution in [1.82, 2.24) is 10.2 Å². The van der Waals surface area contributed by atoms with Gasteiger partial charge in [0.2, 0.25) is 5.91 Å². The van der Waals surface area contributed by atoms with Gasteiger partial charge in [-0.2, -0.15) is 0 Å². The number of nitrogens with zero attached hydrogens (tertiary/aromatic N) is 1. The second-order valence-electron chi connectivity index (χ2n) is 4.95. The zero-order chi connectivity index (χ0) is 13.2. The van der Waals surface area contributed by atoms with E-state index < -0.39 is 0 Å². The summed E-state index contributed by atoms with van der Waals surface area (Å²) < 4.78 is 5.63. The zero-order valence-corrected chi connectivity index (χ0v) is 11.9. The molecule has 0 radical (unpaired) electrons. The molecular weight excluding hydrogens is 228 g/mol. The van der Waals surface area contributed by atoms with Gasteiger partial charge in [0, 0.05) is 13.1 Å². The Balaban J connectivity index is 2.02. The molecule has 1 N–H and O–H groups in total. The van der Waals surface area contributed by atoms with Crippen LogP contribution in [0.15, 0.2) is 0 Å². The highest BCUT2D eigenvalue weighted by Crippen LogP contribution is 2.19. The highest BCUT2D eigenvalue weighted by atomic mass is 16.5. The molecule has 4 nitrogen and oxygen atoms in total. The summed E-state index contributed by atoms with van der Waals surface area (Å²) in [4.78, 5) is 13.9. The molecule has 0 aromatic carbocycles. The first-order valence-electron chi connectivity index (χ1n) is 7.37. The summed E-state index contributed by atoms with van der Waals surface area (Å²) in [6.45, 7) is 8.20. The van der Waals surface area contributed by atoms with E-state index in [9.17, 15) is 4.79 Å². The van der Waals surface area contributed by atoms with Crippen LogP contribution in [0.2, 0.25) is 0 Å². The summed E-state index contributed by atoms with van der Waals surface area (Å²) in [5.41, 5.74) is 0. The number of carbonyl (C=O) groups is 1. The fourth-order valence-electron chi connectivity index (χ4n) is 2.37.